The van der Waals surface area contributed by atoms with Crippen molar-refractivity contribution in [3.63, 3.8) is 0 Å². The number of carbonyl (C=O) groups excluding carboxylic acids is 1. The molecule has 0 radical (unpaired) electrons. The molecule has 138 valence electrons. The van der Waals surface area contributed by atoms with E-state index in [2.05, 4.69) is 4.99 Å². The summed E-state index contributed by atoms with van der Waals surface area (Å²) in [6, 6.07) is 15.5. The molecule has 0 aliphatic carbocycles. The van der Waals surface area contributed by atoms with Gasteiger partial charge in [-0.1, -0.05) is 48.2 Å². The van der Waals surface area contributed by atoms with Crippen LogP contribution in [0.4, 0.5) is 5.69 Å². The number of ether oxygens (including phenoxy) is 1. The Balaban J connectivity index is 2.04. The lowest BCUT2D eigenvalue weighted by Gasteiger charge is -2.05. The molecule has 4 nitrogen and oxygen atoms in total. The first-order chi connectivity index (χ1) is 13.0. The zero-order valence-electron chi connectivity index (χ0n) is 15.5. The molecule has 3 rings (SSSR count). The number of carbonyl (C=O) groups is 1. The third-order valence-electron chi connectivity index (χ3n) is 4.19. The van der Waals surface area contributed by atoms with Gasteiger partial charge < -0.3 is 9.84 Å². The fourth-order valence-corrected chi connectivity index (χ4v) is 3.64. The van der Waals surface area contributed by atoms with Gasteiger partial charge in [-0.25, -0.2) is 9.79 Å². The lowest BCUT2D eigenvalue weighted by molar-refractivity contribution is -0.138. The fourth-order valence-electron chi connectivity index (χ4n) is 2.60. The Kier molecular flexibility index (Phi) is 5.81. The molecule has 1 aliphatic rings. The molecule has 0 unspecified atom stereocenters. The molecule has 0 amide bonds. The van der Waals surface area contributed by atoms with Crippen LogP contribution in [0.1, 0.15) is 23.6 Å². The first kappa shape index (κ1) is 19.0. The van der Waals surface area contributed by atoms with Gasteiger partial charge in [-0.2, -0.15) is 0 Å². The van der Waals surface area contributed by atoms with Crippen LogP contribution in [-0.4, -0.2) is 22.7 Å². The van der Waals surface area contributed by atoms with E-state index in [0.29, 0.717) is 9.95 Å². The molecule has 0 atom stereocenters. The molecule has 0 bridgehead atoms. The fraction of sp³-hybridized carbons (Fsp3) is 0.182. The molecule has 1 N–H and O–H groups in total. The van der Waals surface area contributed by atoms with Crippen LogP contribution in [0.2, 0.25) is 0 Å². The van der Waals surface area contributed by atoms with E-state index in [1.54, 1.807) is 6.92 Å². The van der Waals surface area contributed by atoms with Gasteiger partial charge in [0.05, 0.1) is 17.2 Å². The van der Waals surface area contributed by atoms with E-state index >= 15 is 0 Å². The van der Waals surface area contributed by atoms with Crippen molar-refractivity contribution in [2.24, 2.45) is 4.99 Å². The Morgan fingerprint density at radius 2 is 1.89 bits per heavy atom. The predicted molar refractivity (Wildman–Crippen MR) is 111 cm³/mol. The summed E-state index contributed by atoms with van der Waals surface area (Å²) in [4.78, 5) is 17.6. The standard InChI is InChI=1S/C22H21NO3S/c1-4-26-22(25)19-20(24)18(13-16-8-6-5-7-9-16)27-21(19)23-17-11-10-14(2)15(3)12-17/h5-13,24H,4H2,1-3H3/b18-13-,23-21?. The van der Waals surface area contributed by atoms with E-state index in [1.165, 1.54) is 17.3 Å². The van der Waals surface area contributed by atoms with Crippen LogP contribution in [-0.2, 0) is 9.53 Å². The van der Waals surface area contributed by atoms with Gasteiger partial charge in [0.2, 0.25) is 0 Å². The van der Waals surface area contributed by atoms with Crippen LogP contribution < -0.4 is 0 Å². The van der Waals surface area contributed by atoms with E-state index in [4.69, 9.17) is 4.74 Å². The largest absolute Gasteiger partial charge is 0.506 e. The monoisotopic (exact) mass is 379 g/mol. The lowest BCUT2D eigenvalue weighted by atomic mass is 10.1. The van der Waals surface area contributed by atoms with Gasteiger partial charge in [0, 0.05) is 0 Å². The van der Waals surface area contributed by atoms with Crippen molar-refractivity contribution in [2.75, 3.05) is 6.61 Å². The highest BCUT2D eigenvalue weighted by atomic mass is 32.2. The van der Waals surface area contributed by atoms with E-state index in [9.17, 15) is 9.90 Å². The van der Waals surface area contributed by atoms with Crippen LogP contribution in [0.15, 0.2) is 69.8 Å². The van der Waals surface area contributed by atoms with E-state index in [0.717, 1.165) is 16.8 Å². The Hall–Kier alpha value is -2.79. The molecule has 0 saturated heterocycles. The Morgan fingerprint density at radius 1 is 1.15 bits per heavy atom. The average Bonchev–Trinajstić information content (AvgIpc) is 2.94. The second kappa shape index (κ2) is 8.27. The molecular weight excluding hydrogens is 358 g/mol. The molecule has 2 aromatic rings. The molecule has 0 fully saturated rings. The average molecular weight is 379 g/mol. The Labute approximate surface area is 163 Å². The molecule has 0 saturated carbocycles. The van der Waals surface area contributed by atoms with Crippen molar-refractivity contribution in [2.45, 2.75) is 20.8 Å². The highest BCUT2D eigenvalue weighted by molar-refractivity contribution is 8.18. The minimum Gasteiger partial charge on any atom is -0.506 e. The maximum atomic E-state index is 12.4. The number of thioether (sulfide) groups is 1. The summed E-state index contributed by atoms with van der Waals surface area (Å²) >= 11 is 1.27. The molecule has 5 heteroatoms. The van der Waals surface area contributed by atoms with Crippen LogP contribution in [0, 0.1) is 13.8 Å². The Morgan fingerprint density at radius 3 is 2.56 bits per heavy atom. The molecule has 2 aromatic carbocycles. The minimum absolute atomic E-state index is 0.0927. The van der Waals surface area contributed by atoms with Gasteiger partial charge in [0.1, 0.15) is 16.4 Å². The molecule has 0 aromatic heterocycles. The van der Waals surface area contributed by atoms with Gasteiger partial charge in [-0.05, 0) is 55.7 Å². The van der Waals surface area contributed by atoms with Crippen LogP contribution in [0.25, 0.3) is 6.08 Å². The number of aliphatic hydroxyl groups excluding tert-OH is 1. The highest BCUT2D eigenvalue weighted by Gasteiger charge is 2.33. The lowest BCUT2D eigenvalue weighted by Crippen LogP contribution is -2.12. The molecular formula is C22H21NO3S. The topological polar surface area (TPSA) is 58.9 Å². The van der Waals surface area contributed by atoms with Crippen molar-refractivity contribution < 1.29 is 14.6 Å². The van der Waals surface area contributed by atoms with Crippen LogP contribution in [0.5, 0.6) is 0 Å². The second-order valence-electron chi connectivity index (χ2n) is 6.15. The van der Waals surface area contributed by atoms with Gasteiger partial charge in [0.15, 0.2) is 0 Å². The summed E-state index contributed by atoms with van der Waals surface area (Å²) in [6.45, 7) is 6.02. The summed E-state index contributed by atoms with van der Waals surface area (Å²) in [5.74, 6) is -0.661. The van der Waals surface area contributed by atoms with Crippen LogP contribution in [0.3, 0.4) is 0 Å². The third-order valence-corrected chi connectivity index (χ3v) is 5.21. The maximum absolute atomic E-state index is 12.4. The summed E-state index contributed by atoms with van der Waals surface area (Å²) < 4.78 is 5.13. The number of esters is 1. The number of rotatable bonds is 4. The first-order valence-corrected chi connectivity index (χ1v) is 9.53. The number of benzene rings is 2. The number of aryl methyl sites for hydroxylation is 2. The van der Waals surface area contributed by atoms with Gasteiger partial charge in [0.25, 0.3) is 0 Å². The summed E-state index contributed by atoms with van der Waals surface area (Å²) in [5.41, 5.74) is 4.07. The number of aliphatic hydroxyl groups is 1. The van der Waals surface area contributed by atoms with Crippen molar-refractivity contribution in [1.29, 1.82) is 0 Å². The minimum atomic E-state index is -0.568. The zero-order chi connectivity index (χ0) is 19.4. The van der Waals surface area contributed by atoms with Crippen molar-refractivity contribution in [1.82, 2.24) is 0 Å². The number of hydrogen-bond donors (Lipinski definition) is 1. The van der Waals surface area contributed by atoms with Gasteiger partial charge >= 0.3 is 5.97 Å². The smallest absolute Gasteiger partial charge is 0.344 e. The zero-order valence-corrected chi connectivity index (χ0v) is 16.3. The molecule has 27 heavy (non-hydrogen) atoms. The van der Waals surface area contributed by atoms with Gasteiger partial charge in [-0.3, -0.25) is 0 Å². The summed E-state index contributed by atoms with van der Waals surface area (Å²) in [5, 5.41) is 11.1. The summed E-state index contributed by atoms with van der Waals surface area (Å²) in [6.07, 6.45) is 1.84. The highest BCUT2D eigenvalue weighted by Crippen LogP contribution is 2.40. The normalized spacial score (nSPS) is 17.0. The quantitative estimate of drug-likeness (QED) is 0.713. The molecule has 0 spiro atoms. The van der Waals surface area contributed by atoms with Crippen molar-refractivity contribution in [3.8, 4) is 0 Å². The number of aliphatic imine (C=N–C) groups is 1. The number of hydrogen-bond acceptors (Lipinski definition) is 5. The molecule has 1 heterocycles. The molecule has 1 aliphatic heterocycles. The van der Waals surface area contributed by atoms with E-state index in [-0.39, 0.29) is 17.9 Å². The van der Waals surface area contributed by atoms with Crippen molar-refractivity contribution in [3.05, 3.63) is 81.5 Å². The predicted octanol–water partition coefficient (Wildman–Crippen LogP) is 5.50. The maximum Gasteiger partial charge on any atom is 0.344 e. The third kappa shape index (κ3) is 4.31. The second-order valence-corrected chi connectivity index (χ2v) is 7.18. The first-order valence-electron chi connectivity index (χ1n) is 8.71. The van der Waals surface area contributed by atoms with Gasteiger partial charge in [-0.15, -0.1) is 0 Å². The van der Waals surface area contributed by atoms with Crippen molar-refractivity contribution >= 4 is 34.5 Å². The van der Waals surface area contributed by atoms with E-state index < -0.39 is 5.97 Å². The van der Waals surface area contributed by atoms with Crippen LogP contribution >= 0.6 is 11.8 Å². The SMILES string of the molecule is CCOC(=O)C1=C(O)/C(=C/c2ccccc2)SC1=Nc1ccc(C)c(C)c1. The Bertz CT molecular complexity index is 959. The summed E-state index contributed by atoms with van der Waals surface area (Å²) in [7, 11) is 0. The van der Waals surface area contributed by atoms with E-state index in [1.807, 2.05) is 68.5 Å². The number of nitrogens with zero attached hydrogens (tertiary/aromatic N) is 1.